The van der Waals surface area contributed by atoms with E-state index in [1.54, 1.807) is 11.3 Å². The number of ether oxygens (including phenoxy) is 1. The molecule has 0 saturated heterocycles. The number of hydrogen-bond donors (Lipinski definition) is 0. The van der Waals surface area contributed by atoms with Crippen molar-refractivity contribution in [2.45, 2.75) is 45.1 Å². The summed E-state index contributed by atoms with van der Waals surface area (Å²) in [4.78, 5) is 4.67. The highest BCUT2D eigenvalue weighted by Crippen LogP contribution is 2.34. The first-order valence-corrected chi connectivity index (χ1v) is 12.8. The van der Waals surface area contributed by atoms with Crippen LogP contribution in [0.5, 0.6) is 5.75 Å². The number of rotatable bonds is 6. The number of halogens is 1. The topological polar surface area (TPSA) is 22.1 Å². The maximum atomic E-state index is 6.26. The number of thiazole rings is 1. The van der Waals surface area contributed by atoms with E-state index < -0.39 is 0 Å². The highest BCUT2D eigenvalue weighted by molar-refractivity contribution is 7.09. The quantitative estimate of drug-likeness (QED) is 0.279. The lowest BCUT2D eigenvalue weighted by Crippen LogP contribution is -2.05. The molecule has 167 valence electrons. The fourth-order valence-electron chi connectivity index (χ4n) is 4.50. The van der Waals surface area contributed by atoms with Crippen LogP contribution in [-0.2, 0) is 6.61 Å². The van der Waals surface area contributed by atoms with Gasteiger partial charge in [0.1, 0.15) is 12.4 Å². The third-order valence-corrected chi connectivity index (χ3v) is 7.32. The minimum absolute atomic E-state index is 0.490. The predicted molar refractivity (Wildman–Crippen MR) is 139 cm³/mol. The first-order chi connectivity index (χ1) is 16.2. The summed E-state index contributed by atoms with van der Waals surface area (Å²) in [5.74, 6) is 1.48. The zero-order valence-electron chi connectivity index (χ0n) is 18.8. The van der Waals surface area contributed by atoms with Crippen molar-refractivity contribution in [3.63, 3.8) is 0 Å². The molecule has 3 aromatic carbocycles. The molecule has 0 bridgehead atoms. The summed E-state index contributed by atoms with van der Waals surface area (Å²) in [6.45, 7) is 2.53. The standard InChI is InChI=1S/C29H27ClNOS/c1-20-31-29(19-33-20)24-11-16-28(23-7-12-26(30)13-8-23)25(17-24)18-32-27-14-9-22(10-15-27)21-5-3-2-4-6-21/h5,7-17,19,21H,2-4,6,18H2,1H3. The van der Waals surface area contributed by atoms with Crippen LogP contribution in [0.1, 0.15) is 47.7 Å². The van der Waals surface area contributed by atoms with Gasteiger partial charge in [-0.1, -0.05) is 60.8 Å². The maximum Gasteiger partial charge on any atom is 0.119 e. The van der Waals surface area contributed by atoms with Crippen LogP contribution >= 0.6 is 22.9 Å². The highest BCUT2D eigenvalue weighted by atomic mass is 35.5. The number of aromatic nitrogens is 1. The summed E-state index contributed by atoms with van der Waals surface area (Å²) >= 11 is 7.79. The monoisotopic (exact) mass is 472 g/mol. The average Bonchev–Trinajstić information content (AvgIpc) is 3.30. The second-order valence-corrected chi connectivity index (χ2v) is 10.1. The maximum absolute atomic E-state index is 6.26. The van der Waals surface area contributed by atoms with E-state index >= 15 is 0 Å². The van der Waals surface area contributed by atoms with E-state index in [4.69, 9.17) is 16.3 Å². The van der Waals surface area contributed by atoms with E-state index in [2.05, 4.69) is 71.4 Å². The van der Waals surface area contributed by atoms with E-state index in [1.165, 1.54) is 31.2 Å². The molecule has 5 rings (SSSR count). The van der Waals surface area contributed by atoms with Crippen molar-refractivity contribution >= 4 is 22.9 Å². The Morgan fingerprint density at radius 2 is 1.76 bits per heavy atom. The van der Waals surface area contributed by atoms with E-state index in [0.29, 0.717) is 12.5 Å². The molecule has 1 aromatic heterocycles. The Bertz CT molecular complexity index is 1210. The Morgan fingerprint density at radius 1 is 0.970 bits per heavy atom. The first-order valence-electron chi connectivity index (χ1n) is 11.5. The van der Waals surface area contributed by atoms with Crippen LogP contribution in [0.25, 0.3) is 22.4 Å². The molecule has 0 aliphatic heterocycles. The zero-order valence-corrected chi connectivity index (χ0v) is 20.3. The van der Waals surface area contributed by atoms with Gasteiger partial charge in [-0.2, -0.15) is 0 Å². The molecule has 1 unspecified atom stereocenters. The number of benzene rings is 3. The van der Waals surface area contributed by atoms with Crippen LogP contribution in [-0.4, -0.2) is 4.98 Å². The zero-order chi connectivity index (χ0) is 22.6. The van der Waals surface area contributed by atoms with E-state index in [-0.39, 0.29) is 0 Å². The van der Waals surface area contributed by atoms with Gasteiger partial charge in [-0.15, -0.1) is 11.3 Å². The van der Waals surface area contributed by atoms with E-state index in [9.17, 15) is 0 Å². The van der Waals surface area contributed by atoms with Crippen LogP contribution in [0.2, 0.25) is 5.02 Å². The molecular formula is C29H27ClNOS. The SMILES string of the molecule is Cc1nc(-c2ccc(-c3ccc(Cl)cc3)c(COc3ccc(C4[CH]CCCC4)cc3)c2)cs1. The van der Waals surface area contributed by atoms with Crippen LogP contribution in [0.4, 0.5) is 0 Å². The minimum atomic E-state index is 0.490. The van der Waals surface area contributed by atoms with Gasteiger partial charge in [0, 0.05) is 16.0 Å². The molecule has 4 heteroatoms. The lowest BCUT2D eigenvalue weighted by Gasteiger charge is -2.21. The Hall–Kier alpha value is -2.62. The number of aryl methyl sites for hydroxylation is 1. The Balaban J connectivity index is 1.39. The van der Waals surface area contributed by atoms with Gasteiger partial charge in [0.15, 0.2) is 0 Å². The molecule has 0 spiro atoms. The van der Waals surface area contributed by atoms with Crippen LogP contribution in [0, 0.1) is 13.3 Å². The van der Waals surface area contributed by atoms with E-state index in [0.717, 1.165) is 43.7 Å². The van der Waals surface area contributed by atoms with Crippen molar-refractivity contribution in [3.8, 4) is 28.1 Å². The van der Waals surface area contributed by atoms with Crippen molar-refractivity contribution in [1.82, 2.24) is 4.98 Å². The van der Waals surface area contributed by atoms with Gasteiger partial charge in [-0.05, 0) is 84.7 Å². The van der Waals surface area contributed by atoms with Gasteiger partial charge < -0.3 is 4.74 Å². The molecule has 1 heterocycles. The third-order valence-electron chi connectivity index (χ3n) is 6.30. The summed E-state index contributed by atoms with van der Waals surface area (Å²) in [6, 6.07) is 23.1. The summed E-state index contributed by atoms with van der Waals surface area (Å²) in [5.41, 5.74) is 6.92. The number of nitrogens with zero attached hydrogens (tertiary/aromatic N) is 1. The fraction of sp³-hybridized carbons (Fsp3) is 0.241. The predicted octanol–water partition coefficient (Wildman–Crippen LogP) is 8.88. The molecule has 1 saturated carbocycles. The van der Waals surface area contributed by atoms with Crippen molar-refractivity contribution in [3.05, 3.63) is 99.7 Å². The molecule has 1 aliphatic rings. The van der Waals surface area contributed by atoms with Gasteiger partial charge in [-0.25, -0.2) is 4.98 Å². The third kappa shape index (κ3) is 5.31. The Labute approximate surface area is 205 Å². The lowest BCUT2D eigenvalue weighted by molar-refractivity contribution is 0.306. The lowest BCUT2D eigenvalue weighted by atomic mass is 9.84. The van der Waals surface area contributed by atoms with Crippen molar-refractivity contribution in [2.24, 2.45) is 0 Å². The smallest absolute Gasteiger partial charge is 0.119 e. The van der Waals surface area contributed by atoms with Gasteiger partial charge in [0.2, 0.25) is 0 Å². The largest absolute Gasteiger partial charge is 0.489 e. The Morgan fingerprint density at radius 3 is 2.45 bits per heavy atom. The molecule has 1 aliphatic carbocycles. The van der Waals surface area contributed by atoms with Gasteiger partial charge in [0.05, 0.1) is 10.7 Å². The second kappa shape index (κ2) is 10.1. The molecule has 1 fully saturated rings. The van der Waals surface area contributed by atoms with Crippen LogP contribution < -0.4 is 4.74 Å². The van der Waals surface area contributed by atoms with Crippen molar-refractivity contribution in [2.75, 3.05) is 0 Å². The summed E-state index contributed by atoms with van der Waals surface area (Å²) in [5, 5.41) is 3.92. The van der Waals surface area contributed by atoms with Crippen LogP contribution in [0.3, 0.4) is 0 Å². The minimum Gasteiger partial charge on any atom is -0.489 e. The molecule has 0 N–H and O–H groups in total. The average molecular weight is 473 g/mol. The molecular weight excluding hydrogens is 446 g/mol. The molecule has 0 amide bonds. The van der Waals surface area contributed by atoms with Crippen LogP contribution in [0.15, 0.2) is 72.1 Å². The molecule has 2 nitrogen and oxygen atoms in total. The Kier molecular flexibility index (Phi) is 6.80. The fourth-order valence-corrected chi connectivity index (χ4v) is 5.25. The summed E-state index contributed by atoms with van der Waals surface area (Å²) in [7, 11) is 0. The normalized spacial score (nSPS) is 14.4. The second-order valence-electron chi connectivity index (χ2n) is 8.61. The molecule has 1 atom stereocenters. The van der Waals surface area contributed by atoms with Gasteiger partial charge in [0.25, 0.3) is 0 Å². The van der Waals surface area contributed by atoms with E-state index in [1.807, 2.05) is 19.1 Å². The van der Waals surface area contributed by atoms with Gasteiger partial charge in [-0.3, -0.25) is 0 Å². The van der Waals surface area contributed by atoms with Crippen molar-refractivity contribution in [1.29, 1.82) is 0 Å². The van der Waals surface area contributed by atoms with Crippen molar-refractivity contribution < 1.29 is 4.74 Å². The molecule has 1 radical (unpaired) electrons. The molecule has 33 heavy (non-hydrogen) atoms. The van der Waals surface area contributed by atoms with Gasteiger partial charge >= 0.3 is 0 Å². The number of hydrogen-bond acceptors (Lipinski definition) is 3. The summed E-state index contributed by atoms with van der Waals surface area (Å²) in [6.07, 6.45) is 7.59. The highest BCUT2D eigenvalue weighted by Gasteiger charge is 2.16. The first kappa shape index (κ1) is 22.2. The molecule has 4 aromatic rings. The summed E-state index contributed by atoms with van der Waals surface area (Å²) < 4.78 is 6.26.